The normalized spacial score (nSPS) is 12.2. The number of benzene rings is 3. The van der Waals surface area contributed by atoms with E-state index in [0.717, 1.165) is 17.9 Å². The van der Waals surface area contributed by atoms with Crippen LogP contribution in [0, 0.1) is 6.92 Å². The number of aryl methyl sites for hydroxylation is 1. The fourth-order valence-corrected chi connectivity index (χ4v) is 4.40. The zero-order valence-electron chi connectivity index (χ0n) is 17.8. The van der Waals surface area contributed by atoms with E-state index in [1.165, 1.54) is 18.3 Å². The number of halogens is 3. The summed E-state index contributed by atoms with van der Waals surface area (Å²) in [6.45, 7) is 1.94. The smallest absolute Gasteiger partial charge is 0.418 e. The molecular formula is C25H20F3NO3S. The molecule has 1 heterocycles. The minimum absolute atomic E-state index is 0.102. The molecule has 0 spiro atoms. The minimum Gasteiger partial charge on any atom is -0.489 e. The van der Waals surface area contributed by atoms with Crippen LogP contribution in [0.4, 0.5) is 13.2 Å². The van der Waals surface area contributed by atoms with Gasteiger partial charge in [0.15, 0.2) is 9.84 Å². The lowest BCUT2D eigenvalue weighted by Crippen LogP contribution is -2.07. The molecule has 0 aliphatic carbocycles. The first-order valence-corrected chi connectivity index (χ1v) is 11.9. The standard InChI is InChI=1S/C25H20F3NO3S/c1-16-14-29-24-21(10-5-11-22(24)25(26,27)28)23(16)18-7-4-8-19(13-18)32-15-17-6-3-9-20(12-17)33(2,30)31/h3-14H,15H2,1-2H3. The molecule has 0 saturated carbocycles. The highest BCUT2D eigenvalue weighted by Gasteiger charge is 2.33. The molecule has 0 aliphatic rings. The Bertz CT molecular complexity index is 1450. The quantitative estimate of drug-likeness (QED) is 0.347. The molecule has 8 heteroatoms. The highest BCUT2D eigenvalue weighted by atomic mass is 32.2. The molecule has 3 aromatic carbocycles. The summed E-state index contributed by atoms with van der Waals surface area (Å²) < 4.78 is 69.8. The van der Waals surface area contributed by atoms with E-state index in [9.17, 15) is 21.6 Å². The van der Waals surface area contributed by atoms with Crippen molar-refractivity contribution in [3.63, 3.8) is 0 Å². The molecule has 0 radical (unpaired) electrons. The molecule has 0 unspecified atom stereocenters. The van der Waals surface area contributed by atoms with Crippen LogP contribution in [0.5, 0.6) is 5.75 Å². The fourth-order valence-electron chi connectivity index (χ4n) is 3.71. The second-order valence-corrected chi connectivity index (χ2v) is 9.77. The predicted molar refractivity (Wildman–Crippen MR) is 121 cm³/mol. The van der Waals surface area contributed by atoms with Crippen LogP contribution in [0.25, 0.3) is 22.0 Å². The van der Waals surface area contributed by atoms with Gasteiger partial charge in [-0.05, 0) is 59.5 Å². The van der Waals surface area contributed by atoms with Crippen LogP contribution < -0.4 is 4.74 Å². The summed E-state index contributed by atoms with van der Waals surface area (Å²) in [5.41, 5.74) is 1.88. The monoisotopic (exact) mass is 471 g/mol. The van der Waals surface area contributed by atoms with Crippen molar-refractivity contribution in [2.75, 3.05) is 6.26 Å². The third-order valence-corrected chi connectivity index (χ3v) is 6.36. The summed E-state index contributed by atoms with van der Waals surface area (Å²) in [6, 6.07) is 17.6. The van der Waals surface area contributed by atoms with Crippen molar-refractivity contribution in [2.45, 2.75) is 24.6 Å². The molecule has 0 aliphatic heterocycles. The van der Waals surface area contributed by atoms with E-state index < -0.39 is 21.6 Å². The Morgan fingerprint density at radius 3 is 2.42 bits per heavy atom. The molecule has 33 heavy (non-hydrogen) atoms. The predicted octanol–water partition coefficient (Wildman–Crippen LogP) is 6.21. The maximum Gasteiger partial charge on any atom is 0.418 e. The number of hydrogen-bond acceptors (Lipinski definition) is 4. The Balaban J connectivity index is 1.70. The Labute approximate surface area is 189 Å². The Morgan fingerprint density at radius 1 is 0.970 bits per heavy atom. The zero-order valence-corrected chi connectivity index (χ0v) is 18.7. The second-order valence-electron chi connectivity index (χ2n) is 7.75. The van der Waals surface area contributed by atoms with Crippen molar-refractivity contribution in [1.29, 1.82) is 0 Å². The van der Waals surface area contributed by atoms with Gasteiger partial charge < -0.3 is 4.74 Å². The van der Waals surface area contributed by atoms with Gasteiger partial charge in [-0.3, -0.25) is 4.98 Å². The van der Waals surface area contributed by atoms with Crippen LogP contribution in [0.15, 0.2) is 77.8 Å². The van der Waals surface area contributed by atoms with E-state index in [2.05, 4.69) is 4.98 Å². The van der Waals surface area contributed by atoms with Crippen LogP contribution in [0.2, 0.25) is 0 Å². The van der Waals surface area contributed by atoms with Crippen molar-refractivity contribution in [2.24, 2.45) is 0 Å². The maximum atomic E-state index is 13.5. The molecule has 0 amide bonds. The maximum absolute atomic E-state index is 13.5. The topological polar surface area (TPSA) is 56.3 Å². The van der Waals surface area contributed by atoms with Gasteiger partial charge in [-0.15, -0.1) is 0 Å². The van der Waals surface area contributed by atoms with E-state index in [-0.39, 0.29) is 17.0 Å². The van der Waals surface area contributed by atoms with Crippen LogP contribution in [-0.4, -0.2) is 19.7 Å². The molecule has 0 N–H and O–H groups in total. The molecule has 4 rings (SSSR count). The number of ether oxygens (including phenoxy) is 1. The van der Waals surface area contributed by atoms with Crippen molar-refractivity contribution in [3.8, 4) is 16.9 Å². The lowest BCUT2D eigenvalue weighted by molar-refractivity contribution is -0.136. The largest absolute Gasteiger partial charge is 0.489 e. The highest BCUT2D eigenvalue weighted by Crippen LogP contribution is 2.38. The summed E-state index contributed by atoms with van der Waals surface area (Å²) in [5.74, 6) is 0.508. The first-order valence-electron chi connectivity index (χ1n) is 10.0. The van der Waals surface area contributed by atoms with Crippen LogP contribution in [0.1, 0.15) is 16.7 Å². The zero-order chi connectivity index (χ0) is 23.8. The van der Waals surface area contributed by atoms with Gasteiger partial charge >= 0.3 is 6.18 Å². The summed E-state index contributed by atoms with van der Waals surface area (Å²) >= 11 is 0. The van der Waals surface area contributed by atoms with Crippen LogP contribution >= 0.6 is 0 Å². The molecule has 0 atom stereocenters. The molecule has 1 aromatic heterocycles. The van der Waals surface area contributed by atoms with Gasteiger partial charge in [0.05, 0.1) is 16.0 Å². The lowest BCUT2D eigenvalue weighted by atomic mass is 9.95. The number of hydrogen-bond donors (Lipinski definition) is 0. The molecule has 0 saturated heterocycles. The van der Waals surface area contributed by atoms with Gasteiger partial charge in [-0.2, -0.15) is 13.2 Å². The van der Waals surface area contributed by atoms with E-state index in [1.54, 1.807) is 55.5 Å². The van der Waals surface area contributed by atoms with Gasteiger partial charge in [0.25, 0.3) is 0 Å². The first-order chi connectivity index (χ1) is 15.5. The van der Waals surface area contributed by atoms with Gasteiger partial charge in [0, 0.05) is 17.8 Å². The average Bonchev–Trinajstić information content (AvgIpc) is 2.76. The Morgan fingerprint density at radius 2 is 1.70 bits per heavy atom. The number of aromatic nitrogens is 1. The highest BCUT2D eigenvalue weighted by molar-refractivity contribution is 7.90. The number of nitrogens with zero attached hydrogens (tertiary/aromatic N) is 1. The molecule has 0 bridgehead atoms. The minimum atomic E-state index is -4.51. The summed E-state index contributed by atoms with van der Waals surface area (Å²) in [5, 5.41) is 0.405. The van der Waals surface area contributed by atoms with E-state index in [0.29, 0.717) is 27.8 Å². The fraction of sp³-hybridized carbons (Fsp3) is 0.160. The first kappa shape index (κ1) is 22.8. The van der Waals surface area contributed by atoms with Crippen LogP contribution in [0.3, 0.4) is 0 Å². The lowest BCUT2D eigenvalue weighted by Gasteiger charge is -2.15. The summed E-state index contributed by atoms with van der Waals surface area (Å²) in [7, 11) is -3.33. The number of fused-ring (bicyclic) bond motifs is 1. The third-order valence-electron chi connectivity index (χ3n) is 5.25. The van der Waals surface area contributed by atoms with Gasteiger partial charge in [0.1, 0.15) is 12.4 Å². The van der Waals surface area contributed by atoms with Crippen LogP contribution in [-0.2, 0) is 22.6 Å². The molecule has 170 valence electrons. The molecule has 0 fully saturated rings. The summed E-state index contributed by atoms with van der Waals surface area (Å²) in [4.78, 5) is 4.26. The number of alkyl halides is 3. The Kier molecular flexibility index (Phi) is 5.88. The summed E-state index contributed by atoms with van der Waals surface area (Å²) in [6.07, 6.45) is -1.93. The SMILES string of the molecule is Cc1cnc2c(C(F)(F)F)cccc2c1-c1cccc(OCc2cccc(S(C)(=O)=O)c2)c1. The number of para-hydroxylation sites is 1. The Hall–Kier alpha value is -3.39. The van der Waals surface area contributed by atoms with Crippen molar-refractivity contribution in [3.05, 3.63) is 89.6 Å². The second kappa shape index (κ2) is 8.51. The third kappa shape index (κ3) is 4.85. The average molecular weight is 472 g/mol. The van der Waals surface area contributed by atoms with Gasteiger partial charge in [-0.1, -0.05) is 36.4 Å². The molecule has 4 nitrogen and oxygen atoms in total. The molecule has 4 aromatic rings. The van der Waals surface area contributed by atoms with Gasteiger partial charge in [0.2, 0.25) is 0 Å². The van der Waals surface area contributed by atoms with Crippen molar-refractivity contribution in [1.82, 2.24) is 4.98 Å². The van der Waals surface area contributed by atoms with Gasteiger partial charge in [-0.25, -0.2) is 8.42 Å². The van der Waals surface area contributed by atoms with E-state index in [1.807, 2.05) is 0 Å². The number of sulfone groups is 1. The van der Waals surface area contributed by atoms with Crippen molar-refractivity contribution >= 4 is 20.7 Å². The van der Waals surface area contributed by atoms with Crippen molar-refractivity contribution < 1.29 is 26.3 Å². The molecular weight excluding hydrogens is 451 g/mol. The number of pyridine rings is 1. The van der Waals surface area contributed by atoms with E-state index in [4.69, 9.17) is 4.74 Å². The number of rotatable bonds is 5. The van der Waals surface area contributed by atoms with E-state index >= 15 is 0 Å².